The highest BCUT2D eigenvalue weighted by atomic mass is 19.1. The number of carbonyl (C=O) groups excluding carboxylic acids is 2. The average molecular weight is 326 g/mol. The minimum atomic E-state index is -0.363. The molecule has 2 amide bonds. The van der Waals surface area contributed by atoms with Gasteiger partial charge in [-0.3, -0.25) is 9.59 Å². The van der Waals surface area contributed by atoms with E-state index >= 15 is 0 Å². The van der Waals surface area contributed by atoms with Crippen LogP contribution in [0.25, 0.3) is 0 Å². The van der Waals surface area contributed by atoms with Crippen molar-refractivity contribution in [2.75, 3.05) is 11.9 Å². The van der Waals surface area contributed by atoms with Gasteiger partial charge in [0, 0.05) is 25.2 Å². The van der Waals surface area contributed by atoms with Gasteiger partial charge in [0.15, 0.2) is 0 Å². The number of anilines is 1. The molecule has 0 unspecified atom stereocenters. The Morgan fingerprint density at radius 1 is 1.21 bits per heavy atom. The highest BCUT2D eigenvalue weighted by molar-refractivity contribution is 5.97. The molecule has 1 saturated heterocycles. The number of amides is 2. The molecule has 3 rings (SSSR count). The molecule has 5 heteroatoms. The number of nitrogens with one attached hydrogen (secondary N) is 1. The first-order valence-corrected chi connectivity index (χ1v) is 7.91. The highest BCUT2D eigenvalue weighted by Gasteiger charge is 2.34. The van der Waals surface area contributed by atoms with Crippen LogP contribution in [0.5, 0.6) is 0 Å². The molecule has 1 N–H and O–H groups in total. The van der Waals surface area contributed by atoms with Gasteiger partial charge in [0.05, 0.1) is 5.92 Å². The molecule has 2 aromatic rings. The van der Waals surface area contributed by atoms with Crippen LogP contribution in [-0.2, 0) is 16.1 Å². The van der Waals surface area contributed by atoms with Gasteiger partial charge in [-0.15, -0.1) is 0 Å². The van der Waals surface area contributed by atoms with Gasteiger partial charge in [0.2, 0.25) is 11.8 Å². The lowest BCUT2D eigenvalue weighted by atomic mass is 10.1. The predicted octanol–water partition coefficient (Wildman–Crippen LogP) is 3.12. The van der Waals surface area contributed by atoms with Crippen LogP contribution in [0.1, 0.15) is 17.5 Å². The molecule has 0 bridgehead atoms. The average Bonchev–Trinajstić information content (AvgIpc) is 2.93. The first kappa shape index (κ1) is 16.2. The van der Waals surface area contributed by atoms with Crippen molar-refractivity contribution >= 4 is 17.5 Å². The Bertz CT molecular complexity index is 758. The van der Waals surface area contributed by atoms with E-state index in [1.165, 1.54) is 12.1 Å². The third-order valence-corrected chi connectivity index (χ3v) is 4.27. The number of hydrogen-bond donors (Lipinski definition) is 1. The van der Waals surface area contributed by atoms with Crippen molar-refractivity contribution < 1.29 is 14.0 Å². The van der Waals surface area contributed by atoms with E-state index in [-0.39, 0.29) is 30.0 Å². The van der Waals surface area contributed by atoms with E-state index in [9.17, 15) is 14.0 Å². The molecule has 0 spiro atoms. The summed E-state index contributed by atoms with van der Waals surface area (Å²) in [6, 6.07) is 13.6. The monoisotopic (exact) mass is 326 g/mol. The van der Waals surface area contributed by atoms with Crippen LogP contribution in [0, 0.1) is 18.7 Å². The van der Waals surface area contributed by atoms with Gasteiger partial charge in [0.1, 0.15) is 5.82 Å². The summed E-state index contributed by atoms with van der Waals surface area (Å²) in [5.41, 5.74) is 2.61. The van der Waals surface area contributed by atoms with Crippen molar-refractivity contribution in [2.24, 2.45) is 5.92 Å². The van der Waals surface area contributed by atoms with Crippen molar-refractivity contribution in [3.05, 3.63) is 65.5 Å². The Kier molecular flexibility index (Phi) is 4.60. The molecule has 0 aromatic heterocycles. The summed E-state index contributed by atoms with van der Waals surface area (Å²) >= 11 is 0. The predicted molar refractivity (Wildman–Crippen MR) is 89.7 cm³/mol. The van der Waals surface area contributed by atoms with Crippen molar-refractivity contribution in [1.82, 2.24) is 4.90 Å². The van der Waals surface area contributed by atoms with Crippen LogP contribution in [0.3, 0.4) is 0 Å². The molecule has 1 heterocycles. The van der Waals surface area contributed by atoms with Gasteiger partial charge in [-0.25, -0.2) is 4.39 Å². The second-order valence-electron chi connectivity index (χ2n) is 6.11. The van der Waals surface area contributed by atoms with E-state index in [0.29, 0.717) is 13.1 Å². The van der Waals surface area contributed by atoms with Crippen molar-refractivity contribution in [1.29, 1.82) is 0 Å². The smallest absolute Gasteiger partial charge is 0.229 e. The Morgan fingerprint density at radius 3 is 2.62 bits per heavy atom. The molecule has 4 nitrogen and oxygen atoms in total. The lowest BCUT2D eigenvalue weighted by molar-refractivity contribution is -0.128. The summed E-state index contributed by atoms with van der Waals surface area (Å²) in [6.07, 6.45) is 0.207. The lowest BCUT2D eigenvalue weighted by Gasteiger charge is -2.17. The number of nitrogens with zero attached hydrogens (tertiary/aromatic N) is 1. The number of hydrogen-bond acceptors (Lipinski definition) is 2. The van der Waals surface area contributed by atoms with Crippen LogP contribution in [0.2, 0.25) is 0 Å². The van der Waals surface area contributed by atoms with Crippen molar-refractivity contribution in [2.45, 2.75) is 19.9 Å². The summed E-state index contributed by atoms with van der Waals surface area (Å²) in [5, 5.41) is 2.90. The zero-order chi connectivity index (χ0) is 17.1. The molecule has 2 aromatic carbocycles. The molecule has 1 atom stereocenters. The molecule has 1 fully saturated rings. The van der Waals surface area contributed by atoms with Crippen molar-refractivity contribution in [3.8, 4) is 0 Å². The minimum Gasteiger partial charge on any atom is -0.338 e. The van der Waals surface area contributed by atoms with E-state index in [1.54, 1.807) is 17.0 Å². The van der Waals surface area contributed by atoms with E-state index in [4.69, 9.17) is 0 Å². The summed E-state index contributed by atoms with van der Waals surface area (Å²) in [7, 11) is 0. The SMILES string of the molecule is Cc1ccccc1NC(=O)[C@@H]1CC(=O)N(Cc2ccc(F)cc2)C1. The van der Waals surface area contributed by atoms with Gasteiger partial charge in [-0.05, 0) is 36.2 Å². The molecule has 24 heavy (non-hydrogen) atoms. The fraction of sp³-hybridized carbons (Fsp3) is 0.263. The third kappa shape index (κ3) is 3.62. The molecule has 0 radical (unpaired) electrons. The number of aryl methyl sites for hydroxylation is 1. The molecule has 124 valence electrons. The fourth-order valence-electron chi connectivity index (χ4n) is 2.86. The second-order valence-corrected chi connectivity index (χ2v) is 6.11. The number of para-hydroxylation sites is 1. The summed E-state index contributed by atoms with van der Waals surface area (Å²) in [6.45, 7) is 2.71. The van der Waals surface area contributed by atoms with Crippen molar-refractivity contribution in [3.63, 3.8) is 0 Å². The zero-order valence-electron chi connectivity index (χ0n) is 13.5. The van der Waals surface area contributed by atoms with Gasteiger partial charge in [-0.1, -0.05) is 30.3 Å². The molecule has 0 aliphatic carbocycles. The lowest BCUT2D eigenvalue weighted by Crippen LogP contribution is -2.28. The molecule has 0 saturated carbocycles. The first-order valence-electron chi connectivity index (χ1n) is 7.91. The van der Waals surface area contributed by atoms with E-state index in [2.05, 4.69) is 5.32 Å². The van der Waals surface area contributed by atoms with Crippen LogP contribution in [0.4, 0.5) is 10.1 Å². The maximum Gasteiger partial charge on any atom is 0.229 e. The van der Waals surface area contributed by atoms with E-state index in [0.717, 1.165) is 16.8 Å². The van der Waals surface area contributed by atoms with Crippen LogP contribution < -0.4 is 5.32 Å². The topological polar surface area (TPSA) is 49.4 Å². The largest absolute Gasteiger partial charge is 0.338 e. The fourth-order valence-corrected chi connectivity index (χ4v) is 2.86. The molecule has 1 aliphatic rings. The number of benzene rings is 2. The quantitative estimate of drug-likeness (QED) is 0.938. The minimum absolute atomic E-state index is 0.0516. The number of likely N-dealkylation sites (tertiary alicyclic amines) is 1. The van der Waals surface area contributed by atoms with E-state index < -0.39 is 0 Å². The Balaban J connectivity index is 1.62. The van der Waals surface area contributed by atoms with Gasteiger partial charge >= 0.3 is 0 Å². The van der Waals surface area contributed by atoms with Gasteiger partial charge < -0.3 is 10.2 Å². The highest BCUT2D eigenvalue weighted by Crippen LogP contribution is 2.23. The standard InChI is InChI=1S/C19H19FN2O2/c1-13-4-2-3-5-17(13)21-19(24)15-10-18(23)22(12-15)11-14-6-8-16(20)9-7-14/h2-9,15H,10-12H2,1H3,(H,21,24)/t15-/m1/s1. The molecular formula is C19H19FN2O2. The van der Waals surface area contributed by atoms with Gasteiger partial charge in [-0.2, -0.15) is 0 Å². The normalized spacial score (nSPS) is 17.2. The Labute approximate surface area is 140 Å². The van der Waals surface area contributed by atoms with Crippen LogP contribution >= 0.6 is 0 Å². The second kappa shape index (κ2) is 6.83. The molecular weight excluding hydrogens is 307 g/mol. The summed E-state index contributed by atoms with van der Waals surface area (Å²) in [4.78, 5) is 26.2. The summed E-state index contributed by atoms with van der Waals surface area (Å²) in [5.74, 6) is -0.858. The first-order chi connectivity index (χ1) is 11.5. The Hall–Kier alpha value is -2.69. The molecule has 1 aliphatic heterocycles. The maximum atomic E-state index is 13.0. The van der Waals surface area contributed by atoms with E-state index in [1.807, 2.05) is 31.2 Å². The number of halogens is 1. The Morgan fingerprint density at radius 2 is 1.92 bits per heavy atom. The number of carbonyl (C=O) groups is 2. The number of rotatable bonds is 4. The maximum absolute atomic E-state index is 13.0. The van der Waals surface area contributed by atoms with Gasteiger partial charge in [0.25, 0.3) is 0 Å². The zero-order valence-corrected chi connectivity index (χ0v) is 13.5. The third-order valence-electron chi connectivity index (χ3n) is 4.27. The summed E-state index contributed by atoms with van der Waals surface area (Å²) < 4.78 is 13.0. The van der Waals surface area contributed by atoms with Crippen LogP contribution in [-0.4, -0.2) is 23.3 Å². The van der Waals surface area contributed by atoms with Crippen LogP contribution in [0.15, 0.2) is 48.5 Å².